The molecule has 0 aromatic carbocycles. The van der Waals surface area contributed by atoms with E-state index in [2.05, 4.69) is 6.92 Å². The topological polar surface area (TPSA) is 46.2 Å². The Morgan fingerprint density at radius 1 is 1.54 bits per heavy atom. The summed E-state index contributed by atoms with van der Waals surface area (Å²) < 4.78 is 0. The highest BCUT2D eigenvalue weighted by molar-refractivity contribution is 6.18. The molecule has 0 heterocycles. The van der Waals surface area contributed by atoms with E-state index in [1.54, 1.807) is 0 Å². The summed E-state index contributed by atoms with van der Waals surface area (Å²) >= 11 is 5.80. The predicted molar refractivity (Wildman–Crippen MR) is 55.8 cm³/mol. The highest BCUT2D eigenvalue weighted by Crippen LogP contribution is 2.34. The molecule has 4 unspecified atom stereocenters. The Morgan fingerprint density at radius 2 is 2.15 bits per heavy atom. The van der Waals surface area contributed by atoms with E-state index >= 15 is 0 Å². The molecule has 78 valence electrons. The molecule has 0 saturated heterocycles. The lowest BCUT2D eigenvalue weighted by Gasteiger charge is -2.39. The van der Waals surface area contributed by atoms with Gasteiger partial charge in [-0.05, 0) is 38.0 Å². The number of aliphatic hydroxyl groups excluding tert-OH is 1. The first kappa shape index (κ1) is 11.3. The molecule has 13 heavy (non-hydrogen) atoms. The van der Waals surface area contributed by atoms with Gasteiger partial charge in [0.25, 0.3) is 0 Å². The highest BCUT2D eigenvalue weighted by Gasteiger charge is 2.35. The van der Waals surface area contributed by atoms with E-state index in [1.807, 2.05) is 6.92 Å². The fraction of sp³-hybridized carbons (Fsp3) is 1.00. The Morgan fingerprint density at radius 3 is 2.62 bits per heavy atom. The first-order valence-corrected chi connectivity index (χ1v) is 5.53. The van der Waals surface area contributed by atoms with Gasteiger partial charge < -0.3 is 10.8 Å². The molecule has 0 bridgehead atoms. The fourth-order valence-electron chi connectivity index (χ4n) is 2.01. The van der Waals surface area contributed by atoms with Gasteiger partial charge in [0.15, 0.2) is 0 Å². The molecular weight excluding hydrogens is 186 g/mol. The predicted octanol–water partition coefficient (Wildman–Crippen LogP) is 1.74. The number of alkyl halides is 1. The Kier molecular flexibility index (Phi) is 3.61. The number of aliphatic hydroxyl groups is 1. The van der Waals surface area contributed by atoms with Gasteiger partial charge in [0.1, 0.15) is 0 Å². The van der Waals surface area contributed by atoms with E-state index in [9.17, 15) is 5.11 Å². The molecule has 0 spiro atoms. The molecule has 1 saturated carbocycles. The van der Waals surface area contributed by atoms with Crippen LogP contribution in [0.2, 0.25) is 0 Å². The second kappa shape index (κ2) is 4.16. The maximum absolute atomic E-state index is 9.71. The standard InChI is InChI=1S/C10H20ClNO/c1-7-3-4-8(5-9(7)13)10(2,12)6-11/h7-9,13H,3-6,12H2,1-2H3. The van der Waals surface area contributed by atoms with Crippen molar-refractivity contribution in [1.82, 2.24) is 0 Å². The van der Waals surface area contributed by atoms with Crippen molar-refractivity contribution < 1.29 is 5.11 Å². The maximum atomic E-state index is 9.71. The summed E-state index contributed by atoms with van der Waals surface area (Å²) in [4.78, 5) is 0. The summed E-state index contributed by atoms with van der Waals surface area (Å²) in [6.07, 6.45) is 2.78. The molecule has 2 nitrogen and oxygen atoms in total. The molecule has 1 rings (SSSR count). The van der Waals surface area contributed by atoms with Crippen molar-refractivity contribution in [3.05, 3.63) is 0 Å². The molecule has 1 aliphatic carbocycles. The summed E-state index contributed by atoms with van der Waals surface area (Å²) in [7, 11) is 0. The smallest absolute Gasteiger partial charge is 0.0569 e. The van der Waals surface area contributed by atoms with Gasteiger partial charge in [0.2, 0.25) is 0 Å². The van der Waals surface area contributed by atoms with Gasteiger partial charge in [-0.25, -0.2) is 0 Å². The van der Waals surface area contributed by atoms with Gasteiger partial charge in [-0.1, -0.05) is 6.92 Å². The van der Waals surface area contributed by atoms with Crippen LogP contribution in [0.15, 0.2) is 0 Å². The van der Waals surface area contributed by atoms with Crippen LogP contribution < -0.4 is 5.73 Å². The molecule has 0 amide bonds. The zero-order valence-electron chi connectivity index (χ0n) is 8.46. The van der Waals surface area contributed by atoms with Crippen LogP contribution in [-0.2, 0) is 0 Å². The lowest BCUT2D eigenvalue weighted by atomic mass is 9.73. The molecule has 3 N–H and O–H groups in total. The van der Waals surface area contributed by atoms with Gasteiger partial charge in [0.05, 0.1) is 6.10 Å². The van der Waals surface area contributed by atoms with Crippen molar-refractivity contribution in [2.45, 2.75) is 44.8 Å². The quantitative estimate of drug-likeness (QED) is 0.675. The molecule has 0 aromatic rings. The van der Waals surface area contributed by atoms with Crippen molar-refractivity contribution in [2.24, 2.45) is 17.6 Å². The lowest BCUT2D eigenvalue weighted by Crippen LogP contribution is -2.49. The van der Waals surface area contributed by atoms with E-state index < -0.39 is 0 Å². The molecule has 0 aromatic heterocycles. The summed E-state index contributed by atoms with van der Waals surface area (Å²) in [6.45, 7) is 4.07. The van der Waals surface area contributed by atoms with Crippen LogP contribution in [0.1, 0.15) is 33.1 Å². The van der Waals surface area contributed by atoms with Gasteiger partial charge in [-0.15, -0.1) is 11.6 Å². The van der Waals surface area contributed by atoms with Gasteiger partial charge in [0, 0.05) is 11.4 Å². The van der Waals surface area contributed by atoms with E-state index in [0.717, 1.165) is 19.3 Å². The highest BCUT2D eigenvalue weighted by atomic mass is 35.5. The average Bonchev–Trinajstić information content (AvgIpc) is 2.09. The van der Waals surface area contributed by atoms with Crippen molar-refractivity contribution in [3.63, 3.8) is 0 Å². The van der Waals surface area contributed by atoms with Crippen molar-refractivity contribution in [1.29, 1.82) is 0 Å². The maximum Gasteiger partial charge on any atom is 0.0569 e. The van der Waals surface area contributed by atoms with Crippen LogP contribution in [0.4, 0.5) is 0 Å². The minimum absolute atomic E-state index is 0.190. The van der Waals surface area contributed by atoms with Crippen LogP contribution in [-0.4, -0.2) is 22.6 Å². The van der Waals surface area contributed by atoms with Crippen molar-refractivity contribution in [2.75, 3.05) is 5.88 Å². The Hall–Kier alpha value is 0.210. The van der Waals surface area contributed by atoms with Gasteiger partial charge >= 0.3 is 0 Å². The third-order valence-electron chi connectivity index (χ3n) is 3.37. The molecule has 1 fully saturated rings. The Balaban J connectivity index is 2.55. The Bertz CT molecular complexity index is 172. The van der Waals surface area contributed by atoms with Crippen molar-refractivity contribution in [3.8, 4) is 0 Å². The monoisotopic (exact) mass is 205 g/mol. The fourth-order valence-corrected chi connectivity index (χ4v) is 2.22. The summed E-state index contributed by atoms with van der Waals surface area (Å²) in [5, 5.41) is 9.71. The van der Waals surface area contributed by atoms with Crippen LogP contribution in [0.5, 0.6) is 0 Å². The third-order valence-corrected chi connectivity index (χ3v) is 3.95. The zero-order valence-corrected chi connectivity index (χ0v) is 9.22. The zero-order chi connectivity index (χ0) is 10.1. The summed E-state index contributed by atoms with van der Waals surface area (Å²) in [5.74, 6) is 1.26. The molecule has 0 aliphatic heterocycles. The number of hydrogen-bond donors (Lipinski definition) is 2. The normalized spacial score (nSPS) is 39.9. The molecule has 1 aliphatic rings. The molecule has 0 radical (unpaired) electrons. The lowest BCUT2D eigenvalue weighted by molar-refractivity contribution is 0.0357. The molecule has 4 atom stereocenters. The minimum atomic E-state index is -0.317. The van der Waals surface area contributed by atoms with Crippen LogP contribution in [0, 0.1) is 11.8 Å². The second-order valence-corrected chi connectivity index (χ2v) is 4.96. The molecule has 3 heteroatoms. The van der Waals surface area contributed by atoms with E-state index in [0.29, 0.717) is 17.7 Å². The third kappa shape index (κ3) is 2.58. The largest absolute Gasteiger partial charge is 0.393 e. The van der Waals surface area contributed by atoms with Crippen LogP contribution >= 0.6 is 11.6 Å². The van der Waals surface area contributed by atoms with Crippen LogP contribution in [0.25, 0.3) is 0 Å². The second-order valence-electron chi connectivity index (χ2n) is 4.69. The van der Waals surface area contributed by atoms with E-state index in [-0.39, 0.29) is 11.6 Å². The summed E-state index contributed by atoms with van der Waals surface area (Å²) in [6, 6.07) is 0. The van der Waals surface area contributed by atoms with Gasteiger partial charge in [-0.3, -0.25) is 0 Å². The van der Waals surface area contributed by atoms with Crippen molar-refractivity contribution >= 4 is 11.6 Å². The number of hydrogen-bond acceptors (Lipinski definition) is 2. The SMILES string of the molecule is CC1CCC(C(C)(N)CCl)CC1O. The number of rotatable bonds is 2. The van der Waals surface area contributed by atoms with Gasteiger partial charge in [-0.2, -0.15) is 0 Å². The average molecular weight is 206 g/mol. The van der Waals surface area contributed by atoms with E-state index in [1.165, 1.54) is 0 Å². The number of nitrogens with two attached hydrogens (primary N) is 1. The Labute approximate surface area is 85.5 Å². The summed E-state index contributed by atoms with van der Waals surface area (Å²) in [5.41, 5.74) is 5.74. The van der Waals surface area contributed by atoms with Crippen LogP contribution in [0.3, 0.4) is 0 Å². The molecular formula is C10H20ClNO. The first-order valence-electron chi connectivity index (χ1n) is 5.00. The number of halogens is 1. The first-order chi connectivity index (χ1) is 5.97. The minimum Gasteiger partial charge on any atom is -0.393 e. The van der Waals surface area contributed by atoms with E-state index in [4.69, 9.17) is 17.3 Å².